The lowest BCUT2D eigenvalue weighted by molar-refractivity contribution is -0.131. The number of ether oxygens (including phenoxy) is 1. The SMILES string of the molecule is CN(C)c1nc(C(=O)N2CCOC2C(N)=O)c(-c2ccc(F)cc2)s1. The lowest BCUT2D eigenvalue weighted by Crippen LogP contribution is -2.44. The van der Waals surface area contributed by atoms with Crippen LogP contribution < -0.4 is 10.6 Å². The second-order valence-electron chi connectivity index (χ2n) is 5.70. The van der Waals surface area contributed by atoms with E-state index in [4.69, 9.17) is 10.5 Å². The molecular formula is C16H17FN4O3S. The van der Waals surface area contributed by atoms with E-state index < -0.39 is 18.0 Å². The van der Waals surface area contributed by atoms with Crippen molar-refractivity contribution in [1.29, 1.82) is 0 Å². The van der Waals surface area contributed by atoms with Crippen molar-refractivity contribution < 1.29 is 18.7 Å². The standard InChI is InChI=1S/C16H17FN4O3S/c1-20(2)16-19-11(12(25-16)9-3-5-10(17)6-4-9)14(23)21-7-8-24-15(21)13(18)22/h3-6,15H,7-8H2,1-2H3,(H2,18,22). The molecule has 2 heterocycles. The topological polar surface area (TPSA) is 88.8 Å². The van der Waals surface area contributed by atoms with E-state index in [9.17, 15) is 14.0 Å². The summed E-state index contributed by atoms with van der Waals surface area (Å²) in [4.78, 5) is 32.5. The van der Waals surface area contributed by atoms with Crippen LogP contribution in [0.4, 0.5) is 9.52 Å². The lowest BCUT2D eigenvalue weighted by atomic mass is 10.1. The van der Waals surface area contributed by atoms with Crippen molar-refractivity contribution in [2.75, 3.05) is 32.1 Å². The number of carbonyl (C=O) groups excluding carboxylic acids is 2. The number of aromatic nitrogens is 1. The molecule has 25 heavy (non-hydrogen) atoms. The molecule has 0 saturated carbocycles. The Morgan fingerprint density at radius 2 is 2.04 bits per heavy atom. The highest BCUT2D eigenvalue weighted by atomic mass is 32.1. The van der Waals surface area contributed by atoms with Gasteiger partial charge in [-0.15, -0.1) is 0 Å². The molecule has 1 unspecified atom stereocenters. The molecule has 1 aromatic carbocycles. The van der Waals surface area contributed by atoms with Crippen LogP contribution in [0.15, 0.2) is 24.3 Å². The van der Waals surface area contributed by atoms with Gasteiger partial charge in [-0.05, 0) is 17.7 Å². The molecule has 0 spiro atoms. The first-order valence-electron chi connectivity index (χ1n) is 7.54. The second kappa shape index (κ2) is 6.77. The van der Waals surface area contributed by atoms with Gasteiger partial charge in [0.05, 0.1) is 11.5 Å². The maximum atomic E-state index is 13.2. The third kappa shape index (κ3) is 3.33. The van der Waals surface area contributed by atoms with Gasteiger partial charge in [-0.2, -0.15) is 0 Å². The summed E-state index contributed by atoms with van der Waals surface area (Å²) in [6.07, 6.45) is -1.10. The van der Waals surface area contributed by atoms with E-state index in [0.29, 0.717) is 15.6 Å². The molecule has 2 N–H and O–H groups in total. The van der Waals surface area contributed by atoms with E-state index in [1.165, 1.54) is 28.4 Å². The molecule has 1 fully saturated rings. The summed E-state index contributed by atoms with van der Waals surface area (Å²) in [6, 6.07) is 5.82. The minimum atomic E-state index is -1.10. The zero-order valence-corrected chi connectivity index (χ0v) is 14.5. The van der Waals surface area contributed by atoms with Crippen LogP contribution in [0, 0.1) is 5.82 Å². The van der Waals surface area contributed by atoms with E-state index in [2.05, 4.69) is 4.98 Å². The van der Waals surface area contributed by atoms with Gasteiger partial charge in [-0.1, -0.05) is 23.5 Å². The van der Waals surface area contributed by atoms with Crippen molar-refractivity contribution in [3.8, 4) is 10.4 Å². The van der Waals surface area contributed by atoms with Gasteiger partial charge in [0, 0.05) is 20.6 Å². The highest BCUT2D eigenvalue weighted by Gasteiger charge is 2.36. The maximum absolute atomic E-state index is 13.2. The fraction of sp³-hybridized carbons (Fsp3) is 0.312. The molecule has 132 valence electrons. The van der Waals surface area contributed by atoms with Gasteiger partial charge in [0.25, 0.3) is 11.8 Å². The zero-order chi connectivity index (χ0) is 18.1. The average molecular weight is 364 g/mol. The zero-order valence-electron chi connectivity index (χ0n) is 13.7. The Labute approximate surface area is 147 Å². The summed E-state index contributed by atoms with van der Waals surface area (Å²) in [5, 5.41) is 0.624. The normalized spacial score (nSPS) is 16.9. The summed E-state index contributed by atoms with van der Waals surface area (Å²) in [5.41, 5.74) is 6.16. The number of carbonyl (C=O) groups is 2. The Morgan fingerprint density at radius 3 is 2.64 bits per heavy atom. The van der Waals surface area contributed by atoms with Crippen LogP contribution in [0.25, 0.3) is 10.4 Å². The molecule has 0 bridgehead atoms. The van der Waals surface area contributed by atoms with Crippen LogP contribution in [0.2, 0.25) is 0 Å². The number of nitrogens with two attached hydrogens (primary N) is 1. The van der Waals surface area contributed by atoms with Crippen LogP contribution in [0.3, 0.4) is 0 Å². The molecule has 2 amide bonds. The molecular weight excluding hydrogens is 347 g/mol. The molecule has 1 atom stereocenters. The number of rotatable bonds is 4. The molecule has 2 aromatic rings. The maximum Gasteiger partial charge on any atom is 0.276 e. The highest BCUT2D eigenvalue weighted by molar-refractivity contribution is 7.19. The molecule has 0 radical (unpaired) electrons. The number of benzene rings is 1. The summed E-state index contributed by atoms with van der Waals surface area (Å²) < 4.78 is 18.4. The van der Waals surface area contributed by atoms with E-state index >= 15 is 0 Å². The lowest BCUT2D eigenvalue weighted by Gasteiger charge is -2.19. The van der Waals surface area contributed by atoms with Gasteiger partial charge in [0.2, 0.25) is 6.23 Å². The van der Waals surface area contributed by atoms with E-state index in [1.54, 1.807) is 17.0 Å². The fourth-order valence-electron chi connectivity index (χ4n) is 2.49. The van der Waals surface area contributed by atoms with Crippen LogP contribution in [-0.2, 0) is 9.53 Å². The molecule has 1 aromatic heterocycles. The number of hydrogen-bond donors (Lipinski definition) is 1. The number of primary amides is 1. The first-order chi connectivity index (χ1) is 11.9. The Morgan fingerprint density at radius 1 is 1.36 bits per heavy atom. The van der Waals surface area contributed by atoms with Crippen molar-refractivity contribution in [3.05, 3.63) is 35.8 Å². The minimum Gasteiger partial charge on any atom is -0.366 e. The van der Waals surface area contributed by atoms with Crippen molar-refractivity contribution >= 4 is 28.3 Å². The average Bonchev–Trinajstić information content (AvgIpc) is 3.22. The smallest absolute Gasteiger partial charge is 0.276 e. The van der Waals surface area contributed by atoms with E-state index in [1.807, 2.05) is 14.1 Å². The van der Waals surface area contributed by atoms with Gasteiger partial charge in [-0.3, -0.25) is 9.59 Å². The van der Waals surface area contributed by atoms with Crippen LogP contribution in [0.5, 0.6) is 0 Å². The van der Waals surface area contributed by atoms with Crippen molar-refractivity contribution in [1.82, 2.24) is 9.88 Å². The van der Waals surface area contributed by atoms with Crippen molar-refractivity contribution in [2.45, 2.75) is 6.23 Å². The number of hydrogen-bond acceptors (Lipinski definition) is 6. The molecule has 9 heteroatoms. The summed E-state index contributed by atoms with van der Waals surface area (Å²) in [5.74, 6) is -1.53. The quantitative estimate of drug-likeness (QED) is 0.883. The monoisotopic (exact) mass is 364 g/mol. The summed E-state index contributed by atoms with van der Waals surface area (Å²) in [6.45, 7) is 0.486. The van der Waals surface area contributed by atoms with Crippen LogP contribution in [-0.4, -0.2) is 55.2 Å². The minimum absolute atomic E-state index is 0.192. The molecule has 1 aliphatic heterocycles. The number of anilines is 1. The Hall–Kier alpha value is -2.52. The van der Waals surface area contributed by atoms with Gasteiger partial charge in [-0.25, -0.2) is 9.37 Å². The van der Waals surface area contributed by atoms with Gasteiger partial charge in [0.15, 0.2) is 5.13 Å². The number of nitrogens with zero attached hydrogens (tertiary/aromatic N) is 3. The predicted molar refractivity (Wildman–Crippen MR) is 91.8 cm³/mol. The third-order valence-corrected chi connectivity index (χ3v) is 4.97. The molecule has 3 rings (SSSR count). The Balaban J connectivity index is 2.03. The summed E-state index contributed by atoms with van der Waals surface area (Å²) >= 11 is 1.31. The Bertz CT molecular complexity index is 806. The molecule has 0 aliphatic carbocycles. The van der Waals surface area contributed by atoms with E-state index in [0.717, 1.165) is 0 Å². The first kappa shape index (κ1) is 17.3. The highest BCUT2D eigenvalue weighted by Crippen LogP contribution is 2.35. The van der Waals surface area contributed by atoms with Crippen LogP contribution in [0.1, 0.15) is 10.5 Å². The molecule has 1 saturated heterocycles. The van der Waals surface area contributed by atoms with Crippen molar-refractivity contribution in [3.63, 3.8) is 0 Å². The number of thiazole rings is 1. The predicted octanol–water partition coefficient (Wildman–Crippen LogP) is 1.30. The van der Waals surface area contributed by atoms with Gasteiger partial charge in [0.1, 0.15) is 11.5 Å². The van der Waals surface area contributed by atoms with Crippen molar-refractivity contribution in [2.24, 2.45) is 5.73 Å². The van der Waals surface area contributed by atoms with E-state index in [-0.39, 0.29) is 24.7 Å². The largest absolute Gasteiger partial charge is 0.366 e. The molecule has 1 aliphatic rings. The number of halogens is 1. The number of amides is 2. The fourth-order valence-corrected chi connectivity index (χ4v) is 3.48. The Kier molecular flexibility index (Phi) is 4.69. The van der Waals surface area contributed by atoms with Crippen LogP contribution >= 0.6 is 11.3 Å². The first-order valence-corrected chi connectivity index (χ1v) is 8.36. The molecule has 7 nitrogen and oxygen atoms in total. The third-order valence-electron chi connectivity index (χ3n) is 3.70. The summed E-state index contributed by atoms with van der Waals surface area (Å²) in [7, 11) is 3.62. The van der Waals surface area contributed by atoms with Gasteiger partial charge < -0.3 is 20.3 Å². The van der Waals surface area contributed by atoms with Gasteiger partial charge >= 0.3 is 0 Å². The second-order valence-corrected chi connectivity index (χ2v) is 6.68.